The third-order valence-electron chi connectivity index (χ3n) is 4.06. The zero-order valence-electron chi connectivity index (χ0n) is 11.5. The SMILES string of the molecule is O=C1C(=O)C(Cc2cc3ccccc3s2)c2ccc(F)cc21. The van der Waals surface area contributed by atoms with E-state index >= 15 is 0 Å². The molecule has 2 aromatic carbocycles. The molecule has 0 fully saturated rings. The van der Waals surface area contributed by atoms with Crippen molar-refractivity contribution in [2.45, 2.75) is 12.3 Å². The van der Waals surface area contributed by atoms with Gasteiger partial charge >= 0.3 is 0 Å². The molecule has 1 aliphatic carbocycles. The van der Waals surface area contributed by atoms with Crippen LogP contribution in [0.15, 0.2) is 48.5 Å². The molecule has 0 amide bonds. The minimum absolute atomic E-state index is 0.219. The Hall–Kier alpha value is -2.33. The fraction of sp³-hybridized carbons (Fsp3) is 0.111. The van der Waals surface area contributed by atoms with Crippen molar-refractivity contribution in [3.05, 3.63) is 70.4 Å². The van der Waals surface area contributed by atoms with Gasteiger partial charge in [-0.15, -0.1) is 11.3 Å². The zero-order chi connectivity index (χ0) is 15.3. The van der Waals surface area contributed by atoms with Crippen molar-refractivity contribution in [2.75, 3.05) is 0 Å². The van der Waals surface area contributed by atoms with Gasteiger partial charge in [0.1, 0.15) is 5.82 Å². The van der Waals surface area contributed by atoms with Gasteiger partial charge < -0.3 is 0 Å². The largest absolute Gasteiger partial charge is 0.290 e. The Labute approximate surface area is 130 Å². The van der Waals surface area contributed by atoms with Crippen molar-refractivity contribution in [1.82, 2.24) is 0 Å². The maximum Gasteiger partial charge on any atom is 0.229 e. The van der Waals surface area contributed by atoms with E-state index in [2.05, 4.69) is 6.07 Å². The number of fused-ring (bicyclic) bond motifs is 2. The van der Waals surface area contributed by atoms with Crippen LogP contribution in [-0.4, -0.2) is 11.6 Å². The van der Waals surface area contributed by atoms with Gasteiger partial charge in [-0.05, 0) is 41.6 Å². The minimum Gasteiger partial charge on any atom is -0.290 e. The topological polar surface area (TPSA) is 34.1 Å². The third kappa shape index (κ3) is 1.99. The van der Waals surface area contributed by atoms with Crippen LogP contribution in [0.5, 0.6) is 0 Å². The van der Waals surface area contributed by atoms with Gasteiger partial charge in [-0.1, -0.05) is 24.3 Å². The monoisotopic (exact) mass is 310 g/mol. The van der Waals surface area contributed by atoms with Crippen LogP contribution >= 0.6 is 11.3 Å². The van der Waals surface area contributed by atoms with E-state index in [-0.39, 0.29) is 5.56 Å². The zero-order valence-corrected chi connectivity index (χ0v) is 12.3. The molecular weight excluding hydrogens is 299 g/mol. The molecule has 0 aliphatic heterocycles. The highest BCUT2D eigenvalue weighted by Gasteiger charge is 2.38. The van der Waals surface area contributed by atoms with E-state index in [1.807, 2.05) is 24.3 Å². The van der Waals surface area contributed by atoms with Crippen molar-refractivity contribution in [2.24, 2.45) is 0 Å². The molecule has 1 atom stereocenters. The molecule has 22 heavy (non-hydrogen) atoms. The molecule has 0 N–H and O–H groups in total. The smallest absolute Gasteiger partial charge is 0.229 e. The van der Waals surface area contributed by atoms with Gasteiger partial charge in [-0.25, -0.2) is 4.39 Å². The predicted molar refractivity (Wildman–Crippen MR) is 84.0 cm³/mol. The van der Waals surface area contributed by atoms with E-state index in [0.717, 1.165) is 15.0 Å². The van der Waals surface area contributed by atoms with Gasteiger partial charge in [-0.2, -0.15) is 0 Å². The van der Waals surface area contributed by atoms with Crippen LogP contribution in [-0.2, 0) is 11.2 Å². The summed E-state index contributed by atoms with van der Waals surface area (Å²) in [6.45, 7) is 0. The number of carbonyl (C=O) groups is 2. The Morgan fingerprint density at radius 3 is 2.68 bits per heavy atom. The van der Waals surface area contributed by atoms with Crippen LogP contribution < -0.4 is 0 Å². The molecule has 0 saturated heterocycles. The number of Topliss-reactive ketones (excluding diaryl/α,β-unsaturated/α-hetero) is 2. The Bertz CT molecular complexity index is 893. The molecule has 0 saturated carbocycles. The summed E-state index contributed by atoms with van der Waals surface area (Å²) >= 11 is 1.63. The number of halogens is 1. The molecule has 0 spiro atoms. The fourth-order valence-corrected chi connectivity index (χ4v) is 4.11. The van der Waals surface area contributed by atoms with E-state index in [0.29, 0.717) is 12.0 Å². The van der Waals surface area contributed by atoms with Crippen molar-refractivity contribution < 1.29 is 14.0 Å². The normalized spacial score (nSPS) is 17.2. The average molecular weight is 310 g/mol. The first kappa shape index (κ1) is 13.3. The maximum atomic E-state index is 13.3. The van der Waals surface area contributed by atoms with Gasteiger partial charge in [0.05, 0.1) is 5.92 Å². The lowest BCUT2D eigenvalue weighted by Gasteiger charge is -2.07. The lowest BCUT2D eigenvalue weighted by molar-refractivity contribution is -0.115. The Kier molecular flexibility index (Phi) is 2.94. The molecule has 1 aliphatic rings. The molecular formula is C18H11FO2S. The second-order valence-electron chi connectivity index (χ2n) is 5.43. The molecule has 4 rings (SSSR count). The van der Waals surface area contributed by atoms with Crippen LogP contribution in [0.4, 0.5) is 4.39 Å². The molecule has 2 nitrogen and oxygen atoms in total. The lowest BCUT2D eigenvalue weighted by Crippen LogP contribution is -2.13. The van der Waals surface area contributed by atoms with Crippen molar-refractivity contribution in [1.29, 1.82) is 0 Å². The summed E-state index contributed by atoms with van der Waals surface area (Å²) in [6.07, 6.45) is 0.489. The molecule has 3 aromatic rings. The second kappa shape index (κ2) is 4.85. The van der Waals surface area contributed by atoms with Gasteiger partial charge in [0.2, 0.25) is 11.6 Å². The Morgan fingerprint density at radius 1 is 1.05 bits per heavy atom. The summed E-state index contributed by atoms with van der Waals surface area (Å²) in [5, 5.41) is 1.14. The quantitative estimate of drug-likeness (QED) is 0.667. The summed E-state index contributed by atoms with van der Waals surface area (Å²) in [5.74, 6) is -1.97. The van der Waals surface area contributed by atoms with E-state index in [1.54, 1.807) is 17.4 Å². The van der Waals surface area contributed by atoms with Crippen molar-refractivity contribution in [3.63, 3.8) is 0 Å². The van der Waals surface area contributed by atoms with E-state index in [4.69, 9.17) is 0 Å². The fourth-order valence-electron chi connectivity index (χ4n) is 3.00. The van der Waals surface area contributed by atoms with Crippen LogP contribution in [0.3, 0.4) is 0 Å². The number of hydrogen-bond acceptors (Lipinski definition) is 3. The molecule has 1 aromatic heterocycles. The molecule has 0 radical (unpaired) electrons. The first-order valence-corrected chi connectivity index (χ1v) is 7.80. The number of rotatable bonds is 2. The second-order valence-corrected chi connectivity index (χ2v) is 6.60. The average Bonchev–Trinajstić information content (AvgIpc) is 3.02. The standard InChI is InChI=1S/C18H11FO2S/c19-11-5-6-13-14(8-11)17(20)18(21)15(13)9-12-7-10-3-1-2-4-16(10)22-12/h1-8,15H,9H2. The highest BCUT2D eigenvalue weighted by molar-refractivity contribution is 7.19. The van der Waals surface area contributed by atoms with Crippen molar-refractivity contribution >= 4 is 33.0 Å². The van der Waals surface area contributed by atoms with E-state index < -0.39 is 23.3 Å². The summed E-state index contributed by atoms with van der Waals surface area (Å²) in [6, 6.07) is 14.1. The number of hydrogen-bond donors (Lipinski definition) is 0. The molecule has 1 unspecified atom stereocenters. The highest BCUT2D eigenvalue weighted by Crippen LogP contribution is 2.36. The molecule has 1 heterocycles. The summed E-state index contributed by atoms with van der Waals surface area (Å²) < 4.78 is 14.5. The number of ketones is 2. The highest BCUT2D eigenvalue weighted by atomic mass is 32.1. The van der Waals surface area contributed by atoms with Crippen LogP contribution in [0.25, 0.3) is 10.1 Å². The predicted octanol–water partition coefficient (Wildman–Crippen LogP) is 4.13. The first-order valence-electron chi connectivity index (χ1n) is 6.99. The minimum atomic E-state index is -0.569. The summed E-state index contributed by atoms with van der Waals surface area (Å²) in [7, 11) is 0. The number of carbonyl (C=O) groups excluding carboxylic acids is 2. The molecule has 0 bridgehead atoms. The van der Waals surface area contributed by atoms with Crippen LogP contribution in [0, 0.1) is 5.82 Å². The van der Waals surface area contributed by atoms with Gasteiger partial charge in [0.15, 0.2) is 0 Å². The summed E-state index contributed by atoms with van der Waals surface area (Å²) in [5.41, 5.74) is 0.866. The van der Waals surface area contributed by atoms with Crippen LogP contribution in [0.2, 0.25) is 0 Å². The van der Waals surface area contributed by atoms with Gasteiger partial charge in [0.25, 0.3) is 0 Å². The maximum absolute atomic E-state index is 13.3. The molecule has 4 heteroatoms. The van der Waals surface area contributed by atoms with E-state index in [1.165, 1.54) is 12.1 Å². The van der Waals surface area contributed by atoms with Crippen LogP contribution in [0.1, 0.15) is 26.7 Å². The Morgan fingerprint density at radius 2 is 1.86 bits per heavy atom. The van der Waals surface area contributed by atoms with Gasteiger partial charge in [-0.3, -0.25) is 9.59 Å². The molecule has 108 valence electrons. The van der Waals surface area contributed by atoms with Crippen molar-refractivity contribution in [3.8, 4) is 0 Å². The summed E-state index contributed by atoms with van der Waals surface area (Å²) in [4.78, 5) is 25.3. The third-order valence-corrected chi connectivity index (χ3v) is 5.20. The lowest BCUT2D eigenvalue weighted by atomic mass is 9.96. The first-order chi connectivity index (χ1) is 10.6. The Balaban J connectivity index is 1.74. The van der Waals surface area contributed by atoms with Gasteiger partial charge in [0, 0.05) is 15.1 Å². The number of benzene rings is 2. The van der Waals surface area contributed by atoms with E-state index in [9.17, 15) is 14.0 Å². The number of thiophene rings is 1.